The molecule has 2 heterocycles. The fourth-order valence-corrected chi connectivity index (χ4v) is 4.72. The van der Waals surface area contributed by atoms with Gasteiger partial charge in [-0.1, -0.05) is 53.5 Å². The van der Waals surface area contributed by atoms with E-state index in [1.807, 2.05) is 30.3 Å². The first kappa shape index (κ1) is 24.7. The van der Waals surface area contributed by atoms with E-state index < -0.39 is 29.6 Å². The van der Waals surface area contributed by atoms with Gasteiger partial charge in [0.15, 0.2) is 0 Å². The fourth-order valence-electron chi connectivity index (χ4n) is 3.54. The molecule has 0 aliphatic carbocycles. The Balaban J connectivity index is 1.53. The number of nitrogens with zero attached hydrogens (tertiary/aromatic N) is 2. The summed E-state index contributed by atoms with van der Waals surface area (Å²) in [5, 5.41) is 7.67. The molecule has 2 amide bonds. The molecule has 0 aliphatic heterocycles. The quantitative estimate of drug-likeness (QED) is 0.363. The van der Waals surface area contributed by atoms with E-state index in [9.17, 15) is 19.2 Å². The van der Waals surface area contributed by atoms with E-state index in [4.69, 9.17) is 23.2 Å². The highest BCUT2D eigenvalue weighted by atomic mass is 35.5. The molecule has 0 saturated carbocycles. The van der Waals surface area contributed by atoms with Crippen molar-refractivity contribution in [1.82, 2.24) is 14.5 Å². The van der Waals surface area contributed by atoms with Crippen LogP contribution in [0, 0.1) is 0 Å². The first-order valence-electron chi connectivity index (χ1n) is 10.6. The van der Waals surface area contributed by atoms with E-state index in [0.29, 0.717) is 29.2 Å². The molecule has 0 spiro atoms. The summed E-state index contributed by atoms with van der Waals surface area (Å²) in [6.45, 7) is -0.483. The van der Waals surface area contributed by atoms with Gasteiger partial charge in [-0.3, -0.25) is 19.0 Å². The second-order valence-corrected chi connectivity index (χ2v) is 9.41. The maximum Gasteiger partial charge on any atom is 0.332 e. The number of anilines is 1. The summed E-state index contributed by atoms with van der Waals surface area (Å²) in [7, 11) is 0. The van der Waals surface area contributed by atoms with Crippen LogP contribution in [0.1, 0.15) is 5.56 Å². The molecule has 11 heteroatoms. The zero-order chi connectivity index (χ0) is 24.9. The lowest BCUT2D eigenvalue weighted by Gasteiger charge is -2.13. The van der Waals surface area contributed by atoms with Gasteiger partial charge in [0.1, 0.15) is 17.8 Å². The molecule has 35 heavy (non-hydrogen) atoms. The standard InChI is InChI=1S/C24H20Cl2N4O4S/c25-16-6-7-17(26)18(12-16)28-21(32)14-29-19-9-11-35-22(19)23(33)30(24(29)34)13-20(31)27-10-8-15-4-2-1-3-5-15/h1-7,9,11-12H,8,10,13-14H2,(H,27,31)(H,28,32). The first-order chi connectivity index (χ1) is 16.8. The smallest absolute Gasteiger partial charge is 0.332 e. The monoisotopic (exact) mass is 530 g/mol. The van der Waals surface area contributed by atoms with Gasteiger partial charge in [-0.05, 0) is 41.6 Å². The summed E-state index contributed by atoms with van der Waals surface area (Å²) >= 11 is 13.2. The van der Waals surface area contributed by atoms with Crippen LogP contribution in [-0.2, 0) is 29.1 Å². The van der Waals surface area contributed by atoms with Crippen molar-refractivity contribution in [2.75, 3.05) is 11.9 Å². The number of fused-ring (bicyclic) bond motifs is 1. The lowest BCUT2D eigenvalue weighted by atomic mass is 10.1. The topological polar surface area (TPSA) is 102 Å². The third-order valence-electron chi connectivity index (χ3n) is 5.22. The summed E-state index contributed by atoms with van der Waals surface area (Å²) in [5.74, 6) is -1.01. The number of benzene rings is 2. The normalized spacial score (nSPS) is 10.9. The molecule has 2 N–H and O–H groups in total. The molecule has 180 valence electrons. The van der Waals surface area contributed by atoms with Gasteiger partial charge in [0.05, 0.1) is 16.2 Å². The summed E-state index contributed by atoms with van der Waals surface area (Å²) in [6, 6.07) is 15.8. The van der Waals surface area contributed by atoms with Gasteiger partial charge in [-0.25, -0.2) is 9.36 Å². The third kappa shape index (κ3) is 5.82. The molecule has 0 fully saturated rings. The number of rotatable bonds is 8. The fraction of sp³-hybridized carbons (Fsp3) is 0.167. The van der Waals surface area contributed by atoms with Gasteiger partial charge in [0.25, 0.3) is 5.56 Å². The summed E-state index contributed by atoms with van der Waals surface area (Å²) in [4.78, 5) is 51.3. The molecular formula is C24H20Cl2N4O4S. The van der Waals surface area contributed by atoms with Crippen LogP contribution in [-0.4, -0.2) is 27.5 Å². The second-order valence-electron chi connectivity index (χ2n) is 7.65. The molecule has 2 aromatic heterocycles. The van der Waals surface area contributed by atoms with Crippen molar-refractivity contribution in [3.05, 3.63) is 96.4 Å². The van der Waals surface area contributed by atoms with Gasteiger partial charge in [0.2, 0.25) is 11.8 Å². The van der Waals surface area contributed by atoms with Crippen LogP contribution in [0.4, 0.5) is 5.69 Å². The number of carbonyl (C=O) groups is 2. The Labute approximate surface area is 213 Å². The van der Waals surface area contributed by atoms with Crippen molar-refractivity contribution < 1.29 is 9.59 Å². The number of halogens is 2. The van der Waals surface area contributed by atoms with Crippen LogP contribution in [0.15, 0.2) is 69.6 Å². The molecule has 8 nitrogen and oxygen atoms in total. The zero-order valence-electron chi connectivity index (χ0n) is 18.3. The number of hydrogen-bond acceptors (Lipinski definition) is 5. The van der Waals surface area contributed by atoms with Crippen molar-refractivity contribution in [2.45, 2.75) is 19.5 Å². The Kier molecular flexibility index (Phi) is 7.70. The molecule has 0 aliphatic rings. The SMILES string of the molecule is O=C(Cn1c(=O)c2sccc2n(CC(=O)Nc2cc(Cl)ccc2Cl)c1=O)NCCc1ccccc1. The number of thiophene rings is 1. The van der Waals surface area contributed by atoms with E-state index in [-0.39, 0.29) is 16.3 Å². The predicted octanol–water partition coefficient (Wildman–Crippen LogP) is 3.53. The first-order valence-corrected chi connectivity index (χ1v) is 12.2. The minimum absolute atomic E-state index is 0.273. The molecule has 4 aromatic rings. The Hall–Kier alpha value is -3.40. The van der Waals surface area contributed by atoms with E-state index in [0.717, 1.165) is 26.0 Å². The second kappa shape index (κ2) is 10.9. The van der Waals surface area contributed by atoms with Gasteiger partial charge >= 0.3 is 5.69 Å². The Morgan fingerprint density at radius 1 is 0.914 bits per heavy atom. The maximum absolute atomic E-state index is 13.2. The zero-order valence-corrected chi connectivity index (χ0v) is 20.6. The van der Waals surface area contributed by atoms with E-state index in [2.05, 4.69) is 10.6 Å². The van der Waals surface area contributed by atoms with E-state index >= 15 is 0 Å². The molecule has 4 rings (SSSR count). The van der Waals surface area contributed by atoms with E-state index in [1.54, 1.807) is 23.6 Å². The number of amides is 2. The highest BCUT2D eigenvalue weighted by molar-refractivity contribution is 7.17. The van der Waals surface area contributed by atoms with Gasteiger partial charge in [0, 0.05) is 11.6 Å². The van der Waals surface area contributed by atoms with Crippen LogP contribution in [0.3, 0.4) is 0 Å². The largest absolute Gasteiger partial charge is 0.354 e. The summed E-state index contributed by atoms with van der Waals surface area (Å²) in [5.41, 5.74) is 0.334. The minimum atomic E-state index is -0.758. The van der Waals surface area contributed by atoms with Crippen molar-refractivity contribution in [3.63, 3.8) is 0 Å². The van der Waals surface area contributed by atoms with Crippen LogP contribution in [0.2, 0.25) is 10.0 Å². The Morgan fingerprint density at radius 2 is 1.66 bits per heavy atom. The van der Waals surface area contributed by atoms with Crippen molar-refractivity contribution in [2.24, 2.45) is 0 Å². The average Bonchev–Trinajstić information content (AvgIpc) is 3.33. The summed E-state index contributed by atoms with van der Waals surface area (Å²) < 4.78 is 2.28. The maximum atomic E-state index is 13.2. The molecule has 2 aromatic carbocycles. The van der Waals surface area contributed by atoms with Gasteiger partial charge < -0.3 is 10.6 Å². The highest BCUT2D eigenvalue weighted by Crippen LogP contribution is 2.25. The van der Waals surface area contributed by atoms with Crippen LogP contribution in [0.25, 0.3) is 10.2 Å². The molecule has 0 atom stereocenters. The predicted molar refractivity (Wildman–Crippen MR) is 139 cm³/mol. The van der Waals surface area contributed by atoms with Crippen molar-refractivity contribution >= 4 is 62.3 Å². The lowest BCUT2D eigenvalue weighted by Crippen LogP contribution is -2.44. The molecule has 0 bridgehead atoms. The Bertz CT molecular complexity index is 1510. The van der Waals surface area contributed by atoms with Gasteiger partial charge in [-0.2, -0.15) is 0 Å². The van der Waals surface area contributed by atoms with Crippen molar-refractivity contribution in [1.29, 1.82) is 0 Å². The number of carbonyl (C=O) groups excluding carboxylic acids is 2. The molecule has 0 saturated heterocycles. The highest BCUT2D eigenvalue weighted by Gasteiger charge is 2.18. The molecular weight excluding hydrogens is 511 g/mol. The third-order valence-corrected chi connectivity index (χ3v) is 6.68. The number of nitrogens with one attached hydrogen (secondary N) is 2. The van der Waals surface area contributed by atoms with Crippen LogP contribution >= 0.6 is 34.5 Å². The number of hydrogen-bond donors (Lipinski definition) is 2. The lowest BCUT2D eigenvalue weighted by molar-refractivity contribution is -0.121. The summed E-state index contributed by atoms with van der Waals surface area (Å²) in [6.07, 6.45) is 0.613. The van der Waals surface area contributed by atoms with Crippen molar-refractivity contribution in [3.8, 4) is 0 Å². The van der Waals surface area contributed by atoms with Gasteiger partial charge in [-0.15, -0.1) is 11.3 Å². The van der Waals surface area contributed by atoms with Crippen LogP contribution in [0.5, 0.6) is 0 Å². The minimum Gasteiger partial charge on any atom is -0.354 e. The van der Waals surface area contributed by atoms with Crippen LogP contribution < -0.4 is 21.9 Å². The average molecular weight is 531 g/mol. The molecule has 0 radical (unpaired) electrons. The van der Waals surface area contributed by atoms with E-state index in [1.165, 1.54) is 6.07 Å². The molecule has 0 unspecified atom stereocenters. The number of aromatic nitrogens is 2. The Morgan fingerprint density at radius 3 is 2.43 bits per heavy atom.